The van der Waals surface area contributed by atoms with Crippen molar-refractivity contribution in [2.75, 3.05) is 5.75 Å². The minimum Gasteiger partial charge on any atom is -0.268 e. The number of fused-ring (bicyclic) bond motifs is 2. The topological polar surface area (TPSA) is 47.8 Å². The minimum atomic E-state index is -0.0876. The van der Waals surface area contributed by atoms with Gasteiger partial charge in [-0.15, -0.1) is 0 Å². The molecule has 0 unspecified atom stereocenters. The normalized spacial score (nSPS) is 13.3. The summed E-state index contributed by atoms with van der Waals surface area (Å²) in [7, 11) is 0. The predicted molar refractivity (Wildman–Crippen MR) is 128 cm³/mol. The Labute approximate surface area is 190 Å². The van der Waals surface area contributed by atoms with Gasteiger partial charge < -0.3 is 0 Å². The molecular weight excluding hydrogens is 426 g/mol. The zero-order valence-electron chi connectivity index (χ0n) is 17.1. The second kappa shape index (κ2) is 8.85. The number of benzene rings is 2. The van der Waals surface area contributed by atoms with Crippen LogP contribution in [0.5, 0.6) is 0 Å². The van der Waals surface area contributed by atoms with Crippen LogP contribution in [0.2, 0.25) is 5.02 Å². The minimum absolute atomic E-state index is 0.0876. The molecule has 4 nitrogen and oxygen atoms in total. The molecule has 0 saturated carbocycles. The van der Waals surface area contributed by atoms with Crippen LogP contribution in [-0.4, -0.2) is 20.3 Å². The summed E-state index contributed by atoms with van der Waals surface area (Å²) in [6.07, 6.45) is 5.11. The Morgan fingerprint density at radius 1 is 0.968 bits per heavy atom. The van der Waals surface area contributed by atoms with Gasteiger partial charge in [-0.3, -0.25) is 9.36 Å². The van der Waals surface area contributed by atoms with E-state index in [4.69, 9.17) is 21.6 Å². The van der Waals surface area contributed by atoms with Crippen LogP contribution < -0.4 is 5.56 Å². The highest BCUT2D eigenvalue weighted by Crippen LogP contribution is 2.26. The summed E-state index contributed by atoms with van der Waals surface area (Å²) in [6.45, 7) is 0. The molecule has 2 heterocycles. The summed E-state index contributed by atoms with van der Waals surface area (Å²) in [5.41, 5.74) is 4.72. The molecule has 4 aromatic rings. The van der Waals surface area contributed by atoms with Crippen LogP contribution in [0.15, 0.2) is 70.6 Å². The SMILES string of the molecule is O=c1c2cc3c(nc2nc(SCCc2ccccc2)n1-c1cccc(Cl)c1)CCCC3. The monoisotopic (exact) mass is 447 g/mol. The Hall–Kier alpha value is -2.63. The average molecular weight is 448 g/mol. The first kappa shape index (κ1) is 20.3. The average Bonchev–Trinajstić information content (AvgIpc) is 2.79. The molecule has 0 N–H and O–H groups in total. The van der Waals surface area contributed by atoms with Gasteiger partial charge in [0, 0.05) is 16.5 Å². The van der Waals surface area contributed by atoms with Gasteiger partial charge in [-0.2, -0.15) is 0 Å². The maximum Gasteiger partial charge on any atom is 0.268 e. The van der Waals surface area contributed by atoms with Gasteiger partial charge in [0.15, 0.2) is 10.8 Å². The van der Waals surface area contributed by atoms with Crippen molar-refractivity contribution in [1.29, 1.82) is 0 Å². The van der Waals surface area contributed by atoms with Crippen molar-refractivity contribution >= 4 is 34.4 Å². The lowest BCUT2D eigenvalue weighted by Gasteiger charge is -2.17. The summed E-state index contributed by atoms with van der Waals surface area (Å²) in [6, 6.07) is 19.7. The third-order valence-corrected chi connectivity index (χ3v) is 6.81. The first-order chi connectivity index (χ1) is 15.2. The number of aryl methyl sites for hydroxylation is 3. The van der Waals surface area contributed by atoms with Crippen LogP contribution in [-0.2, 0) is 19.3 Å². The van der Waals surface area contributed by atoms with Crippen molar-refractivity contribution in [1.82, 2.24) is 14.5 Å². The lowest BCUT2D eigenvalue weighted by Crippen LogP contribution is -2.23. The molecule has 156 valence electrons. The number of aromatic nitrogens is 3. The molecule has 2 aromatic carbocycles. The van der Waals surface area contributed by atoms with Gasteiger partial charge in [-0.1, -0.05) is 59.8 Å². The number of pyridine rings is 1. The molecule has 0 aliphatic heterocycles. The molecule has 6 heteroatoms. The van der Waals surface area contributed by atoms with Gasteiger partial charge in [0.25, 0.3) is 5.56 Å². The van der Waals surface area contributed by atoms with E-state index in [0.29, 0.717) is 21.2 Å². The van der Waals surface area contributed by atoms with Crippen LogP contribution in [0.25, 0.3) is 16.7 Å². The molecular formula is C25H22ClN3OS. The number of hydrogen-bond acceptors (Lipinski definition) is 4. The predicted octanol–water partition coefficient (Wildman–Crippen LogP) is 5.65. The molecule has 1 aliphatic carbocycles. The highest BCUT2D eigenvalue weighted by Gasteiger charge is 2.18. The van der Waals surface area contributed by atoms with Gasteiger partial charge in [-0.05, 0) is 67.5 Å². The highest BCUT2D eigenvalue weighted by atomic mass is 35.5. The zero-order chi connectivity index (χ0) is 21.2. The fourth-order valence-electron chi connectivity index (χ4n) is 4.06. The largest absolute Gasteiger partial charge is 0.268 e. The van der Waals surface area contributed by atoms with E-state index in [9.17, 15) is 4.79 Å². The van der Waals surface area contributed by atoms with Crippen LogP contribution in [0.3, 0.4) is 0 Å². The van der Waals surface area contributed by atoms with Crippen molar-refractivity contribution in [2.45, 2.75) is 37.3 Å². The lowest BCUT2D eigenvalue weighted by atomic mass is 9.95. The van der Waals surface area contributed by atoms with E-state index in [0.717, 1.165) is 49.2 Å². The van der Waals surface area contributed by atoms with Crippen molar-refractivity contribution in [3.8, 4) is 5.69 Å². The number of halogens is 1. The third kappa shape index (κ3) is 4.25. The Kier molecular flexibility index (Phi) is 5.79. The van der Waals surface area contributed by atoms with Gasteiger partial charge >= 0.3 is 0 Å². The van der Waals surface area contributed by atoms with Crippen LogP contribution in [0, 0.1) is 0 Å². The van der Waals surface area contributed by atoms with E-state index in [2.05, 4.69) is 12.1 Å². The standard InChI is InChI=1S/C25H22ClN3OS/c26-19-10-6-11-20(16-19)29-24(30)21-15-18-9-4-5-12-22(18)27-23(21)28-25(29)31-14-13-17-7-2-1-3-8-17/h1-3,6-8,10-11,15-16H,4-5,9,12-14H2. The maximum absolute atomic E-state index is 13.6. The Bertz CT molecular complexity index is 1300. The fourth-order valence-corrected chi connectivity index (χ4v) is 5.23. The smallest absolute Gasteiger partial charge is 0.268 e. The first-order valence-electron chi connectivity index (χ1n) is 10.6. The molecule has 0 saturated heterocycles. The molecule has 5 rings (SSSR count). The lowest BCUT2D eigenvalue weighted by molar-refractivity contribution is 0.669. The van der Waals surface area contributed by atoms with Gasteiger partial charge in [-0.25, -0.2) is 9.97 Å². The first-order valence-corrected chi connectivity index (χ1v) is 11.9. The number of hydrogen-bond donors (Lipinski definition) is 0. The van der Waals surface area contributed by atoms with Gasteiger partial charge in [0.2, 0.25) is 0 Å². The molecule has 31 heavy (non-hydrogen) atoms. The summed E-state index contributed by atoms with van der Waals surface area (Å²) >= 11 is 7.82. The van der Waals surface area contributed by atoms with Gasteiger partial charge in [0.05, 0.1) is 11.1 Å². The summed E-state index contributed by atoms with van der Waals surface area (Å²) in [4.78, 5) is 23.3. The van der Waals surface area contributed by atoms with E-state index in [1.807, 2.05) is 48.5 Å². The van der Waals surface area contributed by atoms with E-state index >= 15 is 0 Å². The van der Waals surface area contributed by atoms with E-state index in [-0.39, 0.29) is 5.56 Å². The number of rotatable bonds is 5. The van der Waals surface area contributed by atoms with Crippen molar-refractivity contribution < 1.29 is 0 Å². The molecule has 0 radical (unpaired) electrons. The summed E-state index contributed by atoms with van der Waals surface area (Å²) in [5, 5.41) is 1.82. The van der Waals surface area contributed by atoms with Crippen LogP contribution >= 0.6 is 23.4 Å². The molecule has 0 atom stereocenters. The molecule has 0 amide bonds. The Morgan fingerprint density at radius 3 is 2.65 bits per heavy atom. The molecule has 0 spiro atoms. The highest BCUT2D eigenvalue weighted by molar-refractivity contribution is 7.99. The number of nitrogens with zero attached hydrogens (tertiary/aromatic N) is 3. The quantitative estimate of drug-likeness (QED) is 0.293. The molecule has 1 aliphatic rings. The third-order valence-electron chi connectivity index (χ3n) is 5.64. The molecule has 2 aromatic heterocycles. The van der Waals surface area contributed by atoms with Gasteiger partial charge in [0.1, 0.15) is 0 Å². The maximum atomic E-state index is 13.6. The fraction of sp³-hybridized carbons (Fsp3) is 0.240. The van der Waals surface area contributed by atoms with E-state index in [1.54, 1.807) is 16.3 Å². The number of thioether (sulfide) groups is 1. The van der Waals surface area contributed by atoms with E-state index in [1.165, 1.54) is 11.1 Å². The second-order valence-corrected chi connectivity index (χ2v) is 9.27. The van der Waals surface area contributed by atoms with Crippen LogP contribution in [0.4, 0.5) is 0 Å². The Morgan fingerprint density at radius 2 is 1.81 bits per heavy atom. The van der Waals surface area contributed by atoms with Crippen molar-refractivity contribution in [3.63, 3.8) is 0 Å². The van der Waals surface area contributed by atoms with Crippen molar-refractivity contribution in [2.24, 2.45) is 0 Å². The van der Waals surface area contributed by atoms with Crippen molar-refractivity contribution in [3.05, 3.63) is 92.9 Å². The Balaban J connectivity index is 1.60. The second-order valence-electron chi connectivity index (χ2n) is 7.77. The zero-order valence-corrected chi connectivity index (χ0v) is 18.6. The van der Waals surface area contributed by atoms with E-state index < -0.39 is 0 Å². The summed E-state index contributed by atoms with van der Waals surface area (Å²) < 4.78 is 1.68. The summed E-state index contributed by atoms with van der Waals surface area (Å²) in [5.74, 6) is 0.813. The molecule has 0 fully saturated rings. The molecule has 0 bridgehead atoms. The van der Waals surface area contributed by atoms with Crippen LogP contribution in [0.1, 0.15) is 29.7 Å².